The Morgan fingerprint density at radius 2 is 1.59 bits per heavy atom. The van der Waals surface area contributed by atoms with Crippen molar-refractivity contribution in [3.05, 3.63) is 66.0 Å². The van der Waals surface area contributed by atoms with Crippen molar-refractivity contribution >= 4 is 23.5 Å². The van der Waals surface area contributed by atoms with Crippen LogP contribution >= 0.6 is 0 Å². The van der Waals surface area contributed by atoms with Gasteiger partial charge in [-0.25, -0.2) is 9.18 Å². The van der Waals surface area contributed by atoms with Gasteiger partial charge in [0, 0.05) is 30.9 Å². The first-order valence-corrected chi connectivity index (χ1v) is 10.3. The summed E-state index contributed by atoms with van der Waals surface area (Å²) >= 11 is 0. The minimum atomic E-state index is -5.08. The van der Waals surface area contributed by atoms with Gasteiger partial charge in [0.15, 0.2) is 0 Å². The van der Waals surface area contributed by atoms with Gasteiger partial charge in [-0.15, -0.1) is 0 Å². The molecule has 2 aromatic rings. The van der Waals surface area contributed by atoms with E-state index in [1.165, 1.54) is 24.3 Å². The van der Waals surface area contributed by atoms with Gasteiger partial charge in [0.05, 0.1) is 12.1 Å². The van der Waals surface area contributed by atoms with E-state index < -0.39 is 12.1 Å². The molecule has 182 valence electrons. The molecule has 0 aromatic heterocycles. The fraction of sp³-hybridized carbons (Fsp3) is 0.348. The lowest BCUT2D eigenvalue weighted by molar-refractivity contribution is -0.192. The second-order valence-corrected chi connectivity index (χ2v) is 8.18. The lowest BCUT2D eigenvalue weighted by Crippen LogP contribution is -2.64. The maximum Gasteiger partial charge on any atom is 0.490 e. The Balaban J connectivity index is 0.000000406. The predicted molar refractivity (Wildman–Crippen MR) is 115 cm³/mol. The molecule has 2 heterocycles. The molecule has 1 N–H and O–H groups in total. The van der Waals surface area contributed by atoms with Crippen molar-refractivity contribution in [3.8, 4) is 0 Å². The summed E-state index contributed by atoms with van der Waals surface area (Å²) in [6.07, 6.45) is -4.28. The van der Waals surface area contributed by atoms with Crippen molar-refractivity contribution in [1.29, 1.82) is 0 Å². The zero-order chi connectivity index (χ0) is 25.1. The number of hydrogen-bond donors (Lipinski definition) is 1. The van der Waals surface area contributed by atoms with Crippen LogP contribution in [0.1, 0.15) is 16.8 Å². The Morgan fingerprint density at radius 1 is 1.00 bits per heavy atom. The Kier molecular flexibility index (Phi) is 7.25. The van der Waals surface area contributed by atoms with Crippen LogP contribution in [0.2, 0.25) is 0 Å². The van der Waals surface area contributed by atoms with E-state index in [0.717, 1.165) is 12.1 Å². The SMILES string of the molecule is CN1CC(=O)N(c2ccccc2)CC12CCN(C(=O)c1ccc(F)cc1)C2.O=C(O)C(F)(F)F. The molecule has 11 heteroatoms. The van der Waals surface area contributed by atoms with Crippen LogP contribution in [-0.4, -0.2) is 77.6 Å². The number of anilines is 1. The minimum absolute atomic E-state index is 0.0673. The third-order valence-corrected chi connectivity index (χ3v) is 5.96. The van der Waals surface area contributed by atoms with Gasteiger partial charge in [0.1, 0.15) is 5.82 Å². The average molecular weight is 481 g/mol. The van der Waals surface area contributed by atoms with E-state index in [-0.39, 0.29) is 23.2 Å². The van der Waals surface area contributed by atoms with Crippen molar-refractivity contribution in [3.63, 3.8) is 0 Å². The van der Waals surface area contributed by atoms with Crippen molar-refractivity contribution in [2.24, 2.45) is 0 Å². The number of carbonyl (C=O) groups excluding carboxylic acids is 2. The van der Waals surface area contributed by atoms with Crippen molar-refractivity contribution < 1.29 is 37.1 Å². The lowest BCUT2D eigenvalue weighted by Gasteiger charge is -2.46. The highest BCUT2D eigenvalue weighted by atomic mass is 19.4. The first kappa shape index (κ1) is 25.2. The van der Waals surface area contributed by atoms with Gasteiger partial charge in [0.25, 0.3) is 5.91 Å². The largest absolute Gasteiger partial charge is 0.490 e. The molecule has 1 unspecified atom stereocenters. The summed E-state index contributed by atoms with van der Waals surface area (Å²) in [7, 11) is 1.95. The van der Waals surface area contributed by atoms with Gasteiger partial charge in [-0.1, -0.05) is 18.2 Å². The maximum atomic E-state index is 13.1. The van der Waals surface area contributed by atoms with Crippen molar-refractivity contribution in [2.45, 2.75) is 18.1 Å². The summed E-state index contributed by atoms with van der Waals surface area (Å²) in [6.45, 7) is 2.06. The number of carboxylic acid groups (broad SMARTS) is 1. The molecular weight excluding hydrogens is 458 g/mol. The highest BCUT2D eigenvalue weighted by Crippen LogP contribution is 2.34. The van der Waals surface area contributed by atoms with E-state index in [9.17, 15) is 27.2 Å². The van der Waals surface area contributed by atoms with Crippen molar-refractivity contribution in [2.75, 3.05) is 38.1 Å². The van der Waals surface area contributed by atoms with E-state index in [1.807, 2.05) is 47.2 Å². The maximum absolute atomic E-state index is 13.1. The summed E-state index contributed by atoms with van der Waals surface area (Å²) in [5, 5.41) is 7.12. The monoisotopic (exact) mass is 481 g/mol. The number of hydrogen-bond acceptors (Lipinski definition) is 4. The van der Waals surface area contributed by atoms with Crippen LogP contribution in [0.25, 0.3) is 0 Å². The molecule has 2 aromatic carbocycles. The number of likely N-dealkylation sites (N-methyl/N-ethyl adjacent to an activating group) is 1. The van der Waals surface area contributed by atoms with Crippen LogP contribution in [0.15, 0.2) is 54.6 Å². The fourth-order valence-electron chi connectivity index (χ4n) is 4.05. The number of carboxylic acids is 1. The zero-order valence-electron chi connectivity index (χ0n) is 18.3. The Bertz CT molecular complexity index is 1050. The molecule has 2 fully saturated rings. The molecule has 2 amide bonds. The number of nitrogens with zero attached hydrogens (tertiary/aromatic N) is 3. The molecule has 2 aliphatic rings. The van der Waals surface area contributed by atoms with E-state index in [4.69, 9.17) is 9.90 Å². The molecular formula is C23H23F4N3O4. The number of likely N-dealkylation sites (tertiary alicyclic amines) is 1. The summed E-state index contributed by atoms with van der Waals surface area (Å²) < 4.78 is 44.9. The van der Waals surface area contributed by atoms with Gasteiger partial charge in [-0.2, -0.15) is 13.2 Å². The molecule has 34 heavy (non-hydrogen) atoms. The Labute approximate surface area is 193 Å². The smallest absolute Gasteiger partial charge is 0.475 e. The molecule has 2 aliphatic heterocycles. The molecule has 0 aliphatic carbocycles. The predicted octanol–water partition coefficient (Wildman–Crippen LogP) is 3.02. The van der Waals surface area contributed by atoms with Crippen LogP contribution in [-0.2, 0) is 9.59 Å². The first-order valence-electron chi connectivity index (χ1n) is 10.3. The Hall–Kier alpha value is -3.47. The van der Waals surface area contributed by atoms with E-state index in [0.29, 0.717) is 31.7 Å². The minimum Gasteiger partial charge on any atom is -0.475 e. The van der Waals surface area contributed by atoms with Gasteiger partial charge < -0.3 is 14.9 Å². The summed E-state index contributed by atoms with van der Waals surface area (Å²) in [5.41, 5.74) is 1.11. The molecule has 2 saturated heterocycles. The van der Waals surface area contributed by atoms with E-state index in [2.05, 4.69) is 4.90 Å². The summed E-state index contributed by atoms with van der Waals surface area (Å²) in [5.74, 6) is -3.14. The van der Waals surface area contributed by atoms with Gasteiger partial charge in [-0.05, 0) is 49.9 Å². The fourth-order valence-corrected chi connectivity index (χ4v) is 4.05. The number of carbonyl (C=O) groups is 3. The number of piperazine rings is 1. The van der Waals surface area contributed by atoms with Crippen LogP contribution in [0.3, 0.4) is 0 Å². The van der Waals surface area contributed by atoms with Gasteiger partial charge in [0.2, 0.25) is 5.91 Å². The first-order chi connectivity index (χ1) is 15.9. The van der Waals surface area contributed by atoms with E-state index in [1.54, 1.807) is 0 Å². The van der Waals surface area contributed by atoms with Crippen LogP contribution in [0.5, 0.6) is 0 Å². The second-order valence-electron chi connectivity index (χ2n) is 8.18. The summed E-state index contributed by atoms with van der Waals surface area (Å²) in [6, 6.07) is 15.3. The number of halogens is 4. The summed E-state index contributed by atoms with van der Waals surface area (Å²) in [4.78, 5) is 40.0. The molecule has 4 rings (SSSR count). The topological polar surface area (TPSA) is 81.2 Å². The average Bonchev–Trinajstić information content (AvgIpc) is 3.22. The number of aliphatic carboxylic acids is 1. The molecule has 1 atom stereocenters. The molecule has 1 spiro atoms. The Morgan fingerprint density at radius 3 is 2.15 bits per heavy atom. The molecule has 7 nitrogen and oxygen atoms in total. The number of para-hydroxylation sites is 1. The number of alkyl halides is 3. The van der Waals surface area contributed by atoms with Gasteiger partial charge >= 0.3 is 12.1 Å². The number of benzene rings is 2. The normalized spacial score (nSPS) is 20.8. The van der Waals surface area contributed by atoms with Crippen LogP contribution in [0, 0.1) is 5.82 Å². The third kappa shape index (κ3) is 5.53. The highest BCUT2D eigenvalue weighted by molar-refractivity contribution is 5.96. The van der Waals surface area contributed by atoms with Crippen molar-refractivity contribution in [1.82, 2.24) is 9.80 Å². The van der Waals surface area contributed by atoms with E-state index >= 15 is 0 Å². The van der Waals surface area contributed by atoms with Crippen LogP contribution < -0.4 is 4.90 Å². The molecule has 0 bridgehead atoms. The number of rotatable bonds is 2. The van der Waals surface area contributed by atoms with Gasteiger partial charge in [-0.3, -0.25) is 14.5 Å². The number of amides is 2. The second kappa shape index (κ2) is 9.80. The highest BCUT2D eigenvalue weighted by Gasteiger charge is 2.48. The zero-order valence-corrected chi connectivity index (χ0v) is 18.3. The van der Waals surface area contributed by atoms with Crippen LogP contribution in [0.4, 0.5) is 23.2 Å². The third-order valence-electron chi connectivity index (χ3n) is 5.96. The standard InChI is InChI=1S/C21H22FN3O2.C2HF3O2/c1-23-13-19(26)25(18-5-3-2-4-6-18)15-21(23)11-12-24(14-21)20(27)16-7-9-17(22)10-8-16;3-2(4,5)1(6)7/h2-10H,11-15H2,1H3;(H,6,7). The quantitative estimate of drug-likeness (QED) is 0.667. The molecule has 0 radical (unpaired) electrons. The molecule has 0 saturated carbocycles. The lowest BCUT2D eigenvalue weighted by atomic mass is 9.92.